The number of amides is 1. The standard InChI is InChI=1S/C17H26N6O2/c1-3-4-7-15(17(24)20-16-9-13(2)25-21-16)23-8-5-6-14(23)10-22-12-18-11-19-22/h9,11-12,14-15H,3-8,10H2,1-2H3,(H,20,21,24)/t14-,15-/m1/s1. The monoisotopic (exact) mass is 346 g/mol. The molecule has 2 aromatic heterocycles. The SMILES string of the molecule is CCCC[C@H](C(=O)Nc1cc(C)on1)N1CCC[C@@H]1Cn1cncn1. The van der Waals surface area contributed by atoms with Gasteiger partial charge in [0.1, 0.15) is 18.4 Å². The average molecular weight is 346 g/mol. The third-order valence-electron chi connectivity index (χ3n) is 4.70. The van der Waals surface area contributed by atoms with Gasteiger partial charge in [0.15, 0.2) is 5.82 Å². The molecule has 0 spiro atoms. The second-order valence-corrected chi connectivity index (χ2v) is 6.62. The summed E-state index contributed by atoms with van der Waals surface area (Å²) in [6.45, 7) is 5.65. The summed E-state index contributed by atoms with van der Waals surface area (Å²) in [5, 5.41) is 11.0. The van der Waals surface area contributed by atoms with Crippen molar-refractivity contribution in [2.24, 2.45) is 0 Å². The molecular weight excluding hydrogens is 320 g/mol. The Bertz CT molecular complexity index is 668. The molecule has 3 rings (SSSR count). The Morgan fingerprint density at radius 1 is 1.52 bits per heavy atom. The first-order valence-electron chi connectivity index (χ1n) is 8.99. The molecule has 1 N–H and O–H groups in total. The smallest absolute Gasteiger partial charge is 0.242 e. The number of nitrogens with zero attached hydrogens (tertiary/aromatic N) is 5. The molecule has 2 aromatic rings. The van der Waals surface area contributed by atoms with Crippen LogP contribution in [0.4, 0.5) is 5.82 Å². The molecule has 25 heavy (non-hydrogen) atoms. The minimum Gasteiger partial charge on any atom is -0.360 e. The zero-order valence-electron chi connectivity index (χ0n) is 14.9. The minimum absolute atomic E-state index is 0.00718. The van der Waals surface area contributed by atoms with Gasteiger partial charge in [-0.1, -0.05) is 24.9 Å². The van der Waals surface area contributed by atoms with Crippen molar-refractivity contribution in [1.29, 1.82) is 0 Å². The van der Waals surface area contributed by atoms with Gasteiger partial charge >= 0.3 is 0 Å². The fourth-order valence-electron chi connectivity index (χ4n) is 3.49. The fourth-order valence-corrected chi connectivity index (χ4v) is 3.49. The Morgan fingerprint density at radius 2 is 2.40 bits per heavy atom. The lowest BCUT2D eigenvalue weighted by atomic mass is 10.1. The van der Waals surface area contributed by atoms with Gasteiger partial charge in [-0.25, -0.2) is 4.98 Å². The molecule has 1 aliphatic rings. The quantitative estimate of drug-likeness (QED) is 0.788. The molecular formula is C17H26N6O2. The fraction of sp³-hybridized carbons (Fsp3) is 0.647. The highest BCUT2D eigenvalue weighted by molar-refractivity contribution is 5.94. The first-order valence-corrected chi connectivity index (χ1v) is 8.99. The van der Waals surface area contributed by atoms with Crippen molar-refractivity contribution in [3.8, 4) is 0 Å². The summed E-state index contributed by atoms with van der Waals surface area (Å²) < 4.78 is 6.89. The van der Waals surface area contributed by atoms with Crippen molar-refractivity contribution in [2.75, 3.05) is 11.9 Å². The van der Waals surface area contributed by atoms with E-state index in [1.807, 2.05) is 11.6 Å². The number of nitrogens with one attached hydrogen (secondary N) is 1. The van der Waals surface area contributed by atoms with E-state index in [1.165, 1.54) is 0 Å². The van der Waals surface area contributed by atoms with E-state index in [0.717, 1.165) is 45.2 Å². The Hall–Kier alpha value is -2.22. The van der Waals surface area contributed by atoms with E-state index in [0.29, 0.717) is 17.6 Å². The van der Waals surface area contributed by atoms with Crippen molar-refractivity contribution in [2.45, 2.75) is 64.6 Å². The maximum atomic E-state index is 12.9. The zero-order chi connectivity index (χ0) is 17.6. The molecule has 8 nitrogen and oxygen atoms in total. The molecule has 8 heteroatoms. The topological polar surface area (TPSA) is 89.1 Å². The lowest BCUT2D eigenvalue weighted by Gasteiger charge is -2.32. The molecule has 1 fully saturated rings. The van der Waals surface area contributed by atoms with Crippen LogP contribution in [0.5, 0.6) is 0 Å². The molecule has 3 heterocycles. The van der Waals surface area contributed by atoms with Gasteiger partial charge in [0, 0.05) is 12.1 Å². The second kappa shape index (κ2) is 8.24. The maximum Gasteiger partial charge on any atom is 0.242 e. The summed E-state index contributed by atoms with van der Waals surface area (Å²) >= 11 is 0. The van der Waals surface area contributed by atoms with Gasteiger partial charge in [-0.05, 0) is 32.7 Å². The molecule has 0 aliphatic carbocycles. The van der Waals surface area contributed by atoms with Crippen LogP contribution in [0.1, 0.15) is 44.8 Å². The number of carbonyl (C=O) groups excluding carboxylic acids is 1. The first-order chi connectivity index (χ1) is 12.2. The van der Waals surface area contributed by atoms with E-state index in [-0.39, 0.29) is 11.9 Å². The van der Waals surface area contributed by atoms with Crippen LogP contribution in [-0.4, -0.2) is 49.4 Å². The number of unbranched alkanes of at least 4 members (excludes halogenated alkanes) is 1. The van der Waals surface area contributed by atoms with Crippen LogP contribution in [0.25, 0.3) is 0 Å². The molecule has 136 valence electrons. The van der Waals surface area contributed by atoms with Crippen molar-refractivity contribution in [3.05, 3.63) is 24.5 Å². The number of aromatic nitrogens is 4. The molecule has 1 aliphatic heterocycles. The number of rotatable bonds is 8. The molecule has 0 saturated carbocycles. The van der Waals surface area contributed by atoms with Crippen LogP contribution in [-0.2, 0) is 11.3 Å². The summed E-state index contributed by atoms with van der Waals surface area (Å²) in [5.74, 6) is 1.16. The van der Waals surface area contributed by atoms with Crippen molar-refractivity contribution >= 4 is 11.7 Å². The van der Waals surface area contributed by atoms with E-state index in [1.54, 1.807) is 18.7 Å². The lowest BCUT2D eigenvalue weighted by Crippen LogP contribution is -2.47. The number of hydrogen-bond donors (Lipinski definition) is 1. The van der Waals surface area contributed by atoms with Crippen LogP contribution >= 0.6 is 0 Å². The second-order valence-electron chi connectivity index (χ2n) is 6.62. The summed E-state index contributed by atoms with van der Waals surface area (Å²) in [5.41, 5.74) is 0. The Kier molecular flexibility index (Phi) is 5.80. The van der Waals surface area contributed by atoms with Crippen molar-refractivity contribution in [3.63, 3.8) is 0 Å². The van der Waals surface area contributed by atoms with Gasteiger partial charge in [-0.15, -0.1) is 0 Å². The molecule has 0 radical (unpaired) electrons. The molecule has 1 saturated heterocycles. The van der Waals surface area contributed by atoms with E-state index in [2.05, 4.69) is 32.4 Å². The molecule has 1 amide bonds. The third-order valence-corrected chi connectivity index (χ3v) is 4.70. The predicted octanol–water partition coefficient (Wildman–Crippen LogP) is 2.24. The Morgan fingerprint density at radius 3 is 3.08 bits per heavy atom. The molecule has 0 bridgehead atoms. The van der Waals surface area contributed by atoms with Crippen LogP contribution in [0.2, 0.25) is 0 Å². The highest BCUT2D eigenvalue weighted by Crippen LogP contribution is 2.25. The van der Waals surface area contributed by atoms with Gasteiger partial charge in [0.2, 0.25) is 5.91 Å². The first kappa shape index (κ1) is 17.6. The normalized spacial score (nSPS) is 19.2. The lowest BCUT2D eigenvalue weighted by molar-refractivity contribution is -0.122. The molecule has 2 atom stereocenters. The van der Waals surface area contributed by atoms with Gasteiger partial charge in [-0.3, -0.25) is 14.4 Å². The van der Waals surface area contributed by atoms with Crippen LogP contribution in [0.15, 0.2) is 23.2 Å². The van der Waals surface area contributed by atoms with Gasteiger partial charge in [0.05, 0.1) is 12.6 Å². The highest BCUT2D eigenvalue weighted by Gasteiger charge is 2.35. The van der Waals surface area contributed by atoms with Crippen LogP contribution < -0.4 is 5.32 Å². The summed E-state index contributed by atoms with van der Waals surface area (Å²) in [7, 11) is 0. The Balaban J connectivity index is 1.70. The number of carbonyl (C=O) groups is 1. The van der Waals surface area contributed by atoms with Gasteiger partial charge < -0.3 is 9.84 Å². The van der Waals surface area contributed by atoms with Gasteiger partial charge in [0.25, 0.3) is 0 Å². The Labute approximate surface area is 147 Å². The molecule has 0 unspecified atom stereocenters. The van der Waals surface area contributed by atoms with Crippen LogP contribution in [0, 0.1) is 6.92 Å². The predicted molar refractivity (Wildman–Crippen MR) is 92.9 cm³/mol. The average Bonchev–Trinajstić information content (AvgIpc) is 3.32. The maximum absolute atomic E-state index is 12.9. The van der Waals surface area contributed by atoms with E-state index < -0.39 is 0 Å². The minimum atomic E-state index is -0.159. The number of anilines is 1. The summed E-state index contributed by atoms with van der Waals surface area (Å²) in [6.07, 6.45) is 8.37. The number of aryl methyl sites for hydroxylation is 1. The summed E-state index contributed by atoms with van der Waals surface area (Å²) in [6, 6.07) is 1.88. The van der Waals surface area contributed by atoms with Crippen LogP contribution in [0.3, 0.4) is 0 Å². The highest BCUT2D eigenvalue weighted by atomic mass is 16.5. The van der Waals surface area contributed by atoms with E-state index in [4.69, 9.17) is 4.52 Å². The molecule has 0 aromatic carbocycles. The van der Waals surface area contributed by atoms with Gasteiger partial charge in [-0.2, -0.15) is 5.10 Å². The van der Waals surface area contributed by atoms with Crippen molar-refractivity contribution < 1.29 is 9.32 Å². The third kappa shape index (κ3) is 4.45. The number of hydrogen-bond acceptors (Lipinski definition) is 6. The number of likely N-dealkylation sites (tertiary alicyclic amines) is 1. The van der Waals surface area contributed by atoms with Crippen molar-refractivity contribution in [1.82, 2.24) is 24.8 Å². The largest absolute Gasteiger partial charge is 0.360 e. The summed E-state index contributed by atoms with van der Waals surface area (Å²) in [4.78, 5) is 19.2. The van der Waals surface area contributed by atoms with E-state index >= 15 is 0 Å². The van der Waals surface area contributed by atoms with E-state index in [9.17, 15) is 4.79 Å². The zero-order valence-corrected chi connectivity index (χ0v) is 14.9.